The molecule has 1 aromatic heterocycles. The monoisotopic (exact) mass is 292 g/mol. The lowest BCUT2D eigenvalue weighted by Gasteiger charge is -2.46. The van der Waals surface area contributed by atoms with Crippen LogP contribution in [0.15, 0.2) is 18.6 Å². The van der Waals surface area contributed by atoms with Crippen molar-refractivity contribution in [1.29, 1.82) is 0 Å². The van der Waals surface area contributed by atoms with Crippen molar-refractivity contribution in [2.75, 3.05) is 13.1 Å². The van der Waals surface area contributed by atoms with Gasteiger partial charge in [0.2, 0.25) is 0 Å². The highest BCUT2D eigenvalue weighted by Gasteiger charge is 2.43. The second-order valence-electron chi connectivity index (χ2n) is 6.74. The molecule has 0 aromatic carbocycles. The normalized spacial score (nSPS) is 26.5. The highest BCUT2D eigenvalue weighted by molar-refractivity contribution is 5.70. The van der Waals surface area contributed by atoms with Crippen LogP contribution in [0.1, 0.15) is 40.3 Å². The molecule has 0 saturated carbocycles. The largest absolute Gasteiger partial charge is 0.444 e. The van der Waals surface area contributed by atoms with E-state index in [0.29, 0.717) is 13.1 Å². The molecule has 1 saturated heterocycles. The molecule has 116 valence electrons. The molecule has 0 bridgehead atoms. The Hall–Kier alpha value is -1.69. The summed E-state index contributed by atoms with van der Waals surface area (Å²) < 4.78 is 5.56. The van der Waals surface area contributed by atoms with Crippen molar-refractivity contribution in [3.8, 4) is 0 Å². The molecule has 2 heterocycles. The van der Waals surface area contributed by atoms with Crippen LogP contribution in [0.5, 0.6) is 0 Å². The van der Waals surface area contributed by atoms with Crippen molar-refractivity contribution in [3.05, 3.63) is 24.3 Å². The van der Waals surface area contributed by atoms with E-state index in [1.807, 2.05) is 33.8 Å². The highest BCUT2D eigenvalue weighted by Crippen LogP contribution is 2.30. The zero-order valence-corrected chi connectivity index (χ0v) is 13.4. The van der Waals surface area contributed by atoms with Gasteiger partial charge in [-0.05, 0) is 40.7 Å². The molecule has 1 amide bonds. The van der Waals surface area contributed by atoms with Crippen LogP contribution in [0.2, 0.25) is 0 Å². The lowest BCUT2D eigenvalue weighted by atomic mass is 9.91. The van der Waals surface area contributed by atoms with E-state index in [9.17, 15) is 4.79 Å². The van der Waals surface area contributed by atoms with Crippen molar-refractivity contribution in [3.63, 3.8) is 0 Å². The van der Waals surface area contributed by atoms with Crippen LogP contribution in [-0.2, 0) is 10.3 Å². The molecule has 1 aliphatic rings. The third-order valence-electron chi connectivity index (χ3n) is 3.59. The standard InChI is InChI=1S/C15H24N4O2/c1-11-8-19(13(20)21-14(2,3)4)15(5,9-17-11)12-6-7-16-10-18-12/h6-7,10-11,17H,8-9H2,1-5H3. The van der Waals surface area contributed by atoms with Crippen molar-refractivity contribution < 1.29 is 9.53 Å². The summed E-state index contributed by atoms with van der Waals surface area (Å²) in [5.41, 5.74) is -0.252. The summed E-state index contributed by atoms with van der Waals surface area (Å²) in [5, 5.41) is 3.41. The number of hydrogen-bond donors (Lipinski definition) is 1. The molecule has 6 heteroatoms. The average Bonchev–Trinajstić information content (AvgIpc) is 2.40. The minimum absolute atomic E-state index is 0.215. The highest BCUT2D eigenvalue weighted by atomic mass is 16.6. The number of amides is 1. The maximum absolute atomic E-state index is 12.6. The van der Waals surface area contributed by atoms with Gasteiger partial charge in [0.1, 0.15) is 11.9 Å². The van der Waals surface area contributed by atoms with Gasteiger partial charge in [-0.3, -0.25) is 4.90 Å². The number of rotatable bonds is 1. The van der Waals surface area contributed by atoms with E-state index in [4.69, 9.17) is 4.74 Å². The number of nitrogens with zero attached hydrogens (tertiary/aromatic N) is 3. The van der Waals surface area contributed by atoms with Gasteiger partial charge in [0.25, 0.3) is 0 Å². The van der Waals surface area contributed by atoms with Gasteiger partial charge in [-0.15, -0.1) is 0 Å². The summed E-state index contributed by atoms with van der Waals surface area (Å²) >= 11 is 0. The molecule has 1 N–H and O–H groups in total. The minimum atomic E-state index is -0.544. The first-order chi connectivity index (χ1) is 9.72. The predicted octanol–water partition coefficient (Wildman–Crippen LogP) is 1.92. The third-order valence-corrected chi connectivity index (χ3v) is 3.59. The van der Waals surface area contributed by atoms with Crippen LogP contribution in [0.25, 0.3) is 0 Å². The van der Waals surface area contributed by atoms with Gasteiger partial charge in [-0.1, -0.05) is 0 Å². The second-order valence-corrected chi connectivity index (χ2v) is 6.74. The summed E-state index contributed by atoms with van der Waals surface area (Å²) in [5.74, 6) is 0. The van der Waals surface area contributed by atoms with Crippen molar-refractivity contribution >= 4 is 6.09 Å². The molecule has 2 rings (SSSR count). The van der Waals surface area contributed by atoms with Crippen LogP contribution in [-0.4, -0.2) is 45.7 Å². The molecule has 1 aromatic rings. The quantitative estimate of drug-likeness (QED) is 0.856. The number of ether oxygens (including phenoxy) is 1. The van der Waals surface area contributed by atoms with Crippen LogP contribution in [0.3, 0.4) is 0 Å². The third kappa shape index (κ3) is 3.50. The smallest absolute Gasteiger partial charge is 0.411 e. The van der Waals surface area contributed by atoms with Gasteiger partial charge in [-0.25, -0.2) is 14.8 Å². The minimum Gasteiger partial charge on any atom is -0.444 e. The van der Waals surface area contributed by atoms with Crippen LogP contribution in [0.4, 0.5) is 4.79 Å². The fourth-order valence-corrected chi connectivity index (χ4v) is 2.44. The van der Waals surface area contributed by atoms with E-state index < -0.39 is 11.1 Å². The first kappa shape index (κ1) is 15.7. The van der Waals surface area contributed by atoms with Gasteiger partial charge < -0.3 is 10.1 Å². The number of carbonyl (C=O) groups excluding carboxylic acids is 1. The molecule has 1 aliphatic heterocycles. The van der Waals surface area contributed by atoms with Gasteiger partial charge in [0.15, 0.2) is 0 Å². The maximum Gasteiger partial charge on any atom is 0.411 e. The van der Waals surface area contributed by atoms with E-state index >= 15 is 0 Å². The molecule has 1 fully saturated rings. The zero-order valence-electron chi connectivity index (χ0n) is 13.4. The van der Waals surface area contributed by atoms with E-state index in [2.05, 4.69) is 22.2 Å². The molecule has 21 heavy (non-hydrogen) atoms. The van der Waals surface area contributed by atoms with E-state index in [1.165, 1.54) is 6.33 Å². The lowest BCUT2D eigenvalue weighted by molar-refractivity contribution is -0.0151. The summed E-state index contributed by atoms with van der Waals surface area (Å²) in [6.07, 6.45) is 2.89. The Morgan fingerprint density at radius 1 is 1.52 bits per heavy atom. The van der Waals surface area contributed by atoms with Crippen molar-refractivity contribution in [2.24, 2.45) is 0 Å². The molecular weight excluding hydrogens is 268 g/mol. The Morgan fingerprint density at radius 3 is 2.81 bits per heavy atom. The predicted molar refractivity (Wildman–Crippen MR) is 79.8 cm³/mol. The summed E-state index contributed by atoms with van der Waals surface area (Å²) in [4.78, 5) is 22.6. The molecule has 0 radical (unpaired) electrons. The number of hydrogen-bond acceptors (Lipinski definition) is 5. The molecule has 2 unspecified atom stereocenters. The van der Waals surface area contributed by atoms with Crippen LogP contribution < -0.4 is 5.32 Å². The Balaban J connectivity index is 2.31. The fourth-order valence-electron chi connectivity index (χ4n) is 2.44. The first-order valence-corrected chi connectivity index (χ1v) is 7.23. The zero-order chi connectivity index (χ0) is 15.7. The number of aromatic nitrogens is 2. The average molecular weight is 292 g/mol. The Bertz CT molecular complexity index is 500. The van der Waals surface area contributed by atoms with Crippen molar-refractivity contribution in [1.82, 2.24) is 20.2 Å². The number of nitrogens with one attached hydrogen (secondary N) is 1. The Labute approximate surface area is 125 Å². The molecule has 2 atom stereocenters. The Morgan fingerprint density at radius 2 is 2.24 bits per heavy atom. The second kappa shape index (κ2) is 5.60. The fraction of sp³-hybridized carbons (Fsp3) is 0.667. The van der Waals surface area contributed by atoms with E-state index in [-0.39, 0.29) is 12.1 Å². The van der Waals surface area contributed by atoms with E-state index in [1.54, 1.807) is 11.1 Å². The van der Waals surface area contributed by atoms with Crippen molar-refractivity contribution in [2.45, 2.75) is 51.8 Å². The summed E-state index contributed by atoms with van der Waals surface area (Å²) in [7, 11) is 0. The van der Waals surface area contributed by atoms with Gasteiger partial charge in [0.05, 0.1) is 11.2 Å². The van der Waals surface area contributed by atoms with Crippen LogP contribution >= 0.6 is 0 Å². The molecular formula is C15H24N4O2. The summed E-state index contributed by atoms with van der Waals surface area (Å²) in [6, 6.07) is 2.06. The topological polar surface area (TPSA) is 67.4 Å². The maximum atomic E-state index is 12.6. The molecule has 0 spiro atoms. The first-order valence-electron chi connectivity index (χ1n) is 7.23. The van der Waals surface area contributed by atoms with Gasteiger partial charge >= 0.3 is 6.09 Å². The Kier molecular flexibility index (Phi) is 4.18. The number of carbonyl (C=O) groups is 1. The SMILES string of the molecule is CC1CN(C(=O)OC(C)(C)C)C(C)(c2ccncn2)CN1. The molecule has 0 aliphatic carbocycles. The van der Waals surface area contributed by atoms with Crippen LogP contribution in [0, 0.1) is 0 Å². The van der Waals surface area contributed by atoms with Gasteiger partial charge in [0, 0.05) is 25.3 Å². The summed E-state index contributed by atoms with van der Waals surface area (Å²) in [6.45, 7) is 10.9. The number of piperazine rings is 1. The molecule has 6 nitrogen and oxygen atoms in total. The van der Waals surface area contributed by atoms with E-state index in [0.717, 1.165) is 5.69 Å². The van der Waals surface area contributed by atoms with Gasteiger partial charge in [-0.2, -0.15) is 0 Å². The lowest BCUT2D eigenvalue weighted by Crippen LogP contribution is -2.63.